The van der Waals surface area contributed by atoms with Crippen molar-refractivity contribution in [2.75, 3.05) is 10.6 Å². The van der Waals surface area contributed by atoms with E-state index in [-0.39, 0.29) is 5.82 Å². The fourth-order valence-corrected chi connectivity index (χ4v) is 2.72. The van der Waals surface area contributed by atoms with Gasteiger partial charge in [0.1, 0.15) is 11.6 Å². The van der Waals surface area contributed by atoms with Crippen molar-refractivity contribution in [3.8, 4) is 0 Å². The van der Waals surface area contributed by atoms with Crippen LogP contribution in [0.4, 0.5) is 21.8 Å². The number of rotatable bonds is 5. The monoisotopic (exact) mass is 336 g/mol. The Morgan fingerprint density at radius 1 is 0.920 bits per heavy atom. The molecule has 128 valence electrons. The molecule has 0 aliphatic carbocycles. The smallest absolute Gasteiger partial charge is 0.225 e. The number of hydrogen-bond acceptors (Lipinski definition) is 4. The molecule has 0 unspecified atom stereocenters. The van der Waals surface area contributed by atoms with Gasteiger partial charge in [-0.1, -0.05) is 24.3 Å². The molecule has 1 aromatic heterocycles. The number of aromatic nitrogens is 2. The minimum absolute atomic E-state index is 0.240. The molecule has 0 bridgehead atoms. The summed E-state index contributed by atoms with van der Waals surface area (Å²) in [5.74, 6) is 0.930. The highest BCUT2D eigenvalue weighted by Gasteiger charge is 2.05. The summed E-state index contributed by atoms with van der Waals surface area (Å²) in [6.45, 7) is 6.36. The molecule has 1 heterocycles. The van der Waals surface area contributed by atoms with E-state index in [2.05, 4.69) is 52.6 Å². The maximum Gasteiger partial charge on any atom is 0.225 e. The second-order valence-corrected chi connectivity index (χ2v) is 6.16. The SMILES string of the molecule is Cc1cc(C)cc(Nc2cc(C)nc(NCc3ccccc3F)n2)c1. The van der Waals surface area contributed by atoms with Crippen LogP contribution < -0.4 is 10.6 Å². The number of anilines is 3. The van der Waals surface area contributed by atoms with Crippen molar-refractivity contribution in [1.29, 1.82) is 0 Å². The Morgan fingerprint density at radius 2 is 1.64 bits per heavy atom. The van der Waals surface area contributed by atoms with Crippen LogP contribution in [0.2, 0.25) is 0 Å². The van der Waals surface area contributed by atoms with E-state index >= 15 is 0 Å². The van der Waals surface area contributed by atoms with Crippen LogP contribution in [0.5, 0.6) is 0 Å². The Hall–Kier alpha value is -2.95. The average Bonchev–Trinajstić information content (AvgIpc) is 2.52. The van der Waals surface area contributed by atoms with Gasteiger partial charge in [-0.25, -0.2) is 9.37 Å². The van der Waals surface area contributed by atoms with Crippen molar-refractivity contribution >= 4 is 17.5 Å². The Labute approximate surface area is 147 Å². The summed E-state index contributed by atoms with van der Waals surface area (Å²) in [4.78, 5) is 8.85. The second kappa shape index (κ2) is 7.30. The van der Waals surface area contributed by atoms with Gasteiger partial charge in [0.25, 0.3) is 0 Å². The van der Waals surface area contributed by atoms with Crippen molar-refractivity contribution in [2.24, 2.45) is 0 Å². The molecule has 3 rings (SSSR count). The van der Waals surface area contributed by atoms with E-state index in [0.29, 0.717) is 23.9 Å². The number of aryl methyl sites for hydroxylation is 3. The average molecular weight is 336 g/mol. The van der Waals surface area contributed by atoms with Crippen LogP contribution in [-0.2, 0) is 6.54 Å². The van der Waals surface area contributed by atoms with E-state index in [1.54, 1.807) is 12.1 Å². The van der Waals surface area contributed by atoms with Gasteiger partial charge in [-0.15, -0.1) is 0 Å². The molecule has 0 atom stereocenters. The Bertz CT molecular complexity index is 872. The van der Waals surface area contributed by atoms with Crippen LogP contribution in [0.25, 0.3) is 0 Å². The fraction of sp³-hybridized carbons (Fsp3) is 0.200. The third-order valence-electron chi connectivity index (χ3n) is 3.74. The first-order valence-corrected chi connectivity index (χ1v) is 8.18. The van der Waals surface area contributed by atoms with Crippen LogP contribution in [-0.4, -0.2) is 9.97 Å². The van der Waals surface area contributed by atoms with E-state index in [9.17, 15) is 4.39 Å². The summed E-state index contributed by atoms with van der Waals surface area (Å²) in [6.07, 6.45) is 0. The van der Waals surface area contributed by atoms with Crippen LogP contribution in [0.1, 0.15) is 22.4 Å². The topological polar surface area (TPSA) is 49.8 Å². The predicted octanol–water partition coefficient (Wildman–Crippen LogP) is 4.90. The zero-order valence-corrected chi connectivity index (χ0v) is 14.6. The molecule has 2 aromatic carbocycles. The lowest BCUT2D eigenvalue weighted by atomic mass is 10.1. The number of halogens is 1. The summed E-state index contributed by atoms with van der Waals surface area (Å²) < 4.78 is 13.7. The molecular formula is C20H21FN4. The molecule has 5 heteroatoms. The van der Waals surface area contributed by atoms with E-state index in [1.807, 2.05) is 19.1 Å². The number of nitrogens with one attached hydrogen (secondary N) is 2. The second-order valence-electron chi connectivity index (χ2n) is 6.16. The molecule has 0 saturated carbocycles. The van der Waals surface area contributed by atoms with Gasteiger partial charge in [-0.2, -0.15) is 4.98 Å². The van der Waals surface area contributed by atoms with Crippen LogP contribution >= 0.6 is 0 Å². The largest absolute Gasteiger partial charge is 0.350 e. The quantitative estimate of drug-likeness (QED) is 0.696. The molecule has 0 fully saturated rings. The molecule has 0 radical (unpaired) electrons. The van der Waals surface area contributed by atoms with Gasteiger partial charge in [0.05, 0.1) is 0 Å². The number of benzene rings is 2. The maximum atomic E-state index is 13.7. The molecule has 0 amide bonds. The van der Waals surface area contributed by atoms with Gasteiger partial charge in [0.2, 0.25) is 5.95 Å². The van der Waals surface area contributed by atoms with Gasteiger partial charge in [0.15, 0.2) is 0 Å². The predicted molar refractivity (Wildman–Crippen MR) is 99.7 cm³/mol. The highest BCUT2D eigenvalue weighted by molar-refractivity contribution is 5.59. The zero-order valence-electron chi connectivity index (χ0n) is 14.6. The molecule has 0 aliphatic heterocycles. The molecule has 0 aliphatic rings. The Morgan fingerprint density at radius 3 is 2.36 bits per heavy atom. The minimum atomic E-state index is -0.240. The van der Waals surface area contributed by atoms with Crippen LogP contribution in [0, 0.1) is 26.6 Å². The molecule has 4 nitrogen and oxygen atoms in total. The molecule has 0 spiro atoms. The van der Waals surface area contributed by atoms with Crippen molar-refractivity contribution < 1.29 is 4.39 Å². The zero-order chi connectivity index (χ0) is 17.8. The standard InChI is InChI=1S/C20H21FN4/c1-13-8-14(2)10-17(9-13)24-19-11-15(3)23-20(25-19)22-12-16-6-4-5-7-18(16)21/h4-11H,12H2,1-3H3,(H2,22,23,24,25). The Kier molecular flexibility index (Phi) is 4.93. The summed E-state index contributed by atoms with van der Waals surface area (Å²) in [6, 6.07) is 14.8. The molecule has 3 aromatic rings. The van der Waals surface area contributed by atoms with Gasteiger partial charge >= 0.3 is 0 Å². The summed E-state index contributed by atoms with van der Waals surface area (Å²) >= 11 is 0. The van der Waals surface area contributed by atoms with Gasteiger partial charge < -0.3 is 10.6 Å². The van der Waals surface area contributed by atoms with Gasteiger partial charge in [0, 0.05) is 29.6 Å². The molecule has 2 N–H and O–H groups in total. The molecular weight excluding hydrogens is 315 g/mol. The summed E-state index contributed by atoms with van der Waals surface area (Å²) in [5, 5.41) is 6.40. The summed E-state index contributed by atoms with van der Waals surface area (Å²) in [5.41, 5.74) is 4.77. The third-order valence-corrected chi connectivity index (χ3v) is 3.74. The number of hydrogen-bond donors (Lipinski definition) is 2. The van der Waals surface area contributed by atoms with Crippen molar-refractivity contribution in [3.05, 3.63) is 76.7 Å². The lowest BCUT2D eigenvalue weighted by molar-refractivity contribution is 0.612. The minimum Gasteiger partial charge on any atom is -0.350 e. The van der Waals surface area contributed by atoms with E-state index in [1.165, 1.54) is 17.2 Å². The highest BCUT2D eigenvalue weighted by atomic mass is 19.1. The lowest BCUT2D eigenvalue weighted by Crippen LogP contribution is -2.07. The maximum absolute atomic E-state index is 13.7. The van der Waals surface area contributed by atoms with Crippen molar-refractivity contribution in [3.63, 3.8) is 0 Å². The van der Waals surface area contributed by atoms with E-state index in [4.69, 9.17) is 0 Å². The first kappa shape index (κ1) is 16.9. The Balaban J connectivity index is 1.77. The van der Waals surface area contributed by atoms with Crippen LogP contribution in [0.3, 0.4) is 0 Å². The van der Waals surface area contributed by atoms with Crippen molar-refractivity contribution in [2.45, 2.75) is 27.3 Å². The van der Waals surface area contributed by atoms with Crippen LogP contribution in [0.15, 0.2) is 48.5 Å². The van der Waals surface area contributed by atoms with Gasteiger partial charge in [-0.3, -0.25) is 0 Å². The van der Waals surface area contributed by atoms with Gasteiger partial charge in [-0.05, 0) is 50.1 Å². The van der Waals surface area contributed by atoms with E-state index in [0.717, 1.165) is 11.4 Å². The lowest BCUT2D eigenvalue weighted by Gasteiger charge is -2.11. The summed E-state index contributed by atoms with van der Waals surface area (Å²) in [7, 11) is 0. The highest BCUT2D eigenvalue weighted by Crippen LogP contribution is 2.20. The molecule has 0 saturated heterocycles. The first-order valence-electron chi connectivity index (χ1n) is 8.18. The first-order chi connectivity index (χ1) is 12.0. The van der Waals surface area contributed by atoms with E-state index < -0.39 is 0 Å². The van der Waals surface area contributed by atoms with Crippen molar-refractivity contribution in [1.82, 2.24) is 9.97 Å². The normalized spacial score (nSPS) is 10.6. The number of nitrogens with zero attached hydrogens (tertiary/aromatic N) is 2. The fourth-order valence-electron chi connectivity index (χ4n) is 2.72. The third kappa shape index (κ3) is 4.53. The molecule has 25 heavy (non-hydrogen) atoms.